The first kappa shape index (κ1) is 92.7. The second kappa shape index (κ2) is 64.0. The van der Waals surface area contributed by atoms with E-state index in [1.807, 2.05) is 83.1 Å². The molecule has 3 saturated heterocycles. The molecule has 3 heterocycles. The highest BCUT2D eigenvalue weighted by Gasteiger charge is 2.27. The number of esters is 4. The molecule has 3 rings (SSSR count). The summed E-state index contributed by atoms with van der Waals surface area (Å²) >= 11 is 0. The van der Waals surface area contributed by atoms with E-state index >= 15 is 0 Å². The Kier molecular flexibility index (Phi) is 72.4. The molecule has 3 N–H and O–H groups in total. The average molecular weight is 1190 g/mol. The first-order valence-electron chi connectivity index (χ1n) is 31.2. The van der Waals surface area contributed by atoms with Crippen LogP contribution in [0.1, 0.15) is 276 Å². The first-order valence-corrected chi connectivity index (χ1v) is 31.2. The van der Waals surface area contributed by atoms with E-state index in [4.69, 9.17) is 62.7 Å². The van der Waals surface area contributed by atoms with Crippen LogP contribution in [0.25, 0.3) is 0 Å². The van der Waals surface area contributed by atoms with Crippen molar-refractivity contribution in [1.29, 1.82) is 0 Å². The minimum atomic E-state index is -0.343. The number of hydrogen-bond donors (Lipinski definition) is 3. The number of carbonyl (C=O) groups excluding carboxylic acids is 4. The van der Waals surface area contributed by atoms with Crippen LogP contribution in [-0.2, 0) is 66.5 Å². The van der Waals surface area contributed by atoms with Gasteiger partial charge < -0.3 is 62.7 Å². The van der Waals surface area contributed by atoms with Gasteiger partial charge in [0, 0.05) is 33.3 Å². The van der Waals surface area contributed by atoms with Crippen LogP contribution < -0.4 is 0 Å². The van der Waals surface area contributed by atoms with Crippen molar-refractivity contribution >= 4 is 23.9 Å². The molecule has 0 aromatic heterocycles. The summed E-state index contributed by atoms with van der Waals surface area (Å²) < 4.78 is 52.5. The molecule has 0 aromatic rings. The van der Waals surface area contributed by atoms with Gasteiger partial charge in [-0.05, 0) is 165 Å². The molecule has 0 aliphatic carbocycles. The van der Waals surface area contributed by atoms with Gasteiger partial charge in [-0.1, -0.05) is 103 Å². The van der Waals surface area contributed by atoms with Crippen LogP contribution in [0, 0.1) is 0 Å². The average Bonchev–Trinajstić information content (AvgIpc) is 3.43. The van der Waals surface area contributed by atoms with Gasteiger partial charge in [0.2, 0.25) is 0 Å². The Bertz CT molecular complexity index is 1330. The summed E-state index contributed by atoms with van der Waals surface area (Å²) in [5.74, 6) is -0.928. The Labute approximate surface area is 503 Å². The van der Waals surface area contributed by atoms with Crippen molar-refractivity contribution < 1.29 is 81.9 Å². The molecule has 0 bridgehead atoms. The van der Waals surface area contributed by atoms with E-state index < -0.39 is 0 Å². The number of aliphatic hydroxyl groups is 3. The standard InChI is InChI=1S/C10H20O2.C10H18O2.C8H16O2.C7H12O2.3C6H12O2.3C4H10O/c1-4-6-10-11-8(3)7-9(5-2)12-10;1-4-8-7-9(5-2)12-10(6-3)11-8;1-4-8-5-6(2)9-7(3)10-8;1-4-6(3)9-7(8)5-2;3*1-4-5(2)8-6(3)7;3*1-3-4(2)5/h8-10H,4-7H2,1-3H3;6,8-10H,3-5,7H2,1-2H3;6-8H,4-5H2,1-3H3;5-6H,2,4H2,1,3H3;3*5H,4H2,1-3H3;3*4-5H,3H2,1-2H3. The molecular weight excluding hydrogens is 1050 g/mol. The Balaban J connectivity index is -0.000000155. The Morgan fingerprint density at radius 1 is 0.451 bits per heavy atom. The van der Waals surface area contributed by atoms with Gasteiger partial charge in [-0.15, -0.1) is 0 Å². The Hall–Kier alpha value is -3.00. The minimum Gasteiger partial charge on any atom is -0.463 e. The zero-order valence-corrected chi connectivity index (χ0v) is 57.2. The number of rotatable bonds is 19. The molecule has 3 fully saturated rings. The smallest absolute Gasteiger partial charge is 0.330 e. The summed E-state index contributed by atoms with van der Waals surface area (Å²) in [5, 5.41) is 25.1. The molecule has 494 valence electrons. The SMILES string of the molecule is C=CC(=O)OC(C)CC.C=CC1OC(CC)CC(CC)O1.CCC(C)O.CCC(C)O.CCC(C)O.CCC(C)OC(C)=O.CCC(C)OC(C)=O.CCC(C)OC(C)=O.CCC1CC(C)OC(C)O1.CCCC1OC(C)CC(CC)O1. The number of aliphatic hydroxyl groups excluding tert-OH is 3. The summed E-state index contributed by atoms with van der Waals surface area (Å²) in [7, 11) is 0. The van der Waals surface area contributed by atoms with Gasteiger partial charge in [-0.25, -0.2) is 4.79 Å². The highest BCUT2D eigenvalue weighted by atomic mass is 16.7. The van der Waals surface area contributed by atoms with Crippen LogP contribution in [0.5, 0.6) is 0 Å². The second-order valence-corrected chi connectivity index (χ2v) is 20.8. The number of carbonyl (C=O) groups is 4. The molecule has 0 aromatic carbocycles. The lowest BCUT2D eigenvalue weighted by Crippen LogP contribution is -2.36. The monoisotopic (exact) mass is 1180 g/mol. The van der Waals surface area contributed by atoms with Gasteiger partial charge in [0.15, 0.2) is 18.9 Å². The minimum absolute atomic E-state index is 0.00583. The lowest BCUT2D eigenvalue weighted by molar-refractivity contribution is -0.240. The maximum absolute atomic E-state index is 10.4. The fraction of sp³-hybridized carbons (Fsp3) is 0.877. The molecule has 82 heavy (non-hydrogen) atoms. The van der Waals surface area contributed by atoms with Crippen LogP contribution in [0.15, 0.2) is 25.3 Å². The van der Waals surface area contributed by atoms with Gasteiger partial charge >= 0.3 is 23.9 Å². The zero-order valence-electron chi connectivity index (χ0n) is 57.2. The fourth-order valence-corrected chi connectivity index (χ4v) is 5.88. The third-order valence-corrected chi connectivity index (χ3v) is 12.1. The summed E-state index contributed by atoms with van der Waals surface area (Å²) in [6.45, 7) is 54.7. The third kappa shape index (κ3) is 73.1. The molecule has 3 aliphatic heterocycles. The summed E-state index contributed by atoms with van der Waals surface area (Å²) in [6, 6.07) is 0. The van der Waals surface area contributed by atoms with Crippen LogP contribution in [0.2, 0.25) is 0 Å². The van der Waals surface area contributed by atoms with Crippen LogP contribution in [0.3, 0.4) is 0 Å². The van der Waals surface area contributed by atoms with E-state index in [0.29, 0.717) is 36.6 Å². The second-order valence-electron chi connectivity index (χ2n) is 20.8. The molecule has 0 saturated carbocycles. The van der Waals surface area contributed by atoms with E-state index in [9.17, 15) is 19.2 Å². The first-order chi connectivity index (χ1) is 38.3. The van der Waals surface area contributed by atoms with Crippen molar-refractivity contribution in [2.45, 2.75) is 374 Å². The van der Waals surface area contributed by atoms with E-state index in [-0.39, 0.29) is 85.5 Å². The molecule has 15 atom stereocenters. The topological polar surface area (TPSA) is 221 Å². The third-order valence-electron chi connectivity index (χ3n) is 12.1. The summed E-state index contributed by atoms with van der Waals surface area (Å²) in [6.07, 6.45) is 20.6. The van der Waals surface area contributed by atoms with Crippen LogP contribution in [0.4, 0.5) is 0 Å². The summed E-state index contributed by atoms with van der Waals surface area (Å²) in [4.78, 5) is 41.0. The molecule has 17 nitrogen and oxygen atoms in total. The predicted molar refractivity (Wildman–Crippen MR) is 334 cm³/mol. The van der Waals surface area contributed by atoms with Gasteiger partial charge in [-0.2, -0.15) is 0 Å². The van der Waals surface area contributed by atoms with E-state index in [1.54, 1.807) is 26.8 Å². The number of ether oxygens (including phenoxy) is 10. The van der Waals surface area contributed by atoms with E-state index in [1.165, 1.54) is 26.8 Å². The molecule has 0 amide bonds. The maximum Gasteiger partial charge on any atom is 0.330 e. The van der Waals surface area contributed by atoms with Crippen molar-refractivity contribution in [1.82, 2.24) is 0 Å². The van der Waals surface area contributed by atoms with Crippen molar-refractivity contribution in [3.8, 4) is 0 Å². The molecule has 3 aliphatic rings. The van der Waals surface area contributed by atoms with E-state index in [0.717, 1.165) is 103 Å². The van der Waals surface area contributed by atoms with Crippen LogP contribution in [-0.4, -0.2) is 137 Å². The van der Waals surface area contributed by atoms with Crippen LogP contribution >= 0.6 is 0 Å². The maximum atomic E-state index is 10.4. The van der Waals surface area contributed by atoms with E-state index in [2.05, 4.69) is 61.6 Å². The fourth-order valence-electron chi connectivity index (χ4n) is 5.88. The predicted octanol–water partition coefficient (Wildman–Crippen LogP) is 15.0. The normalized spacial score (nSPS) is 23.6. The van der Waals surface area contributed by atoms with Crippen molar-refractivity contribution in [3.63, 3.8) is 0 Å². The molecule has 15 unspecified atom stereocenters. The van der Waals surface area contributed by atoms with Gasteiger partial charge in [-0.3, -0.25) is 14.4 Å². The Morgan fingerprint density at radius 3 is 0.976 bits per heavy atom. The molecular formula is C65H132O17. The lowest BCUT2D eigenvalue weighted by Gasteiger charge is -2.33. The Morgan fingerprint density at radius 2 is 0.744 bits per heavy atom. The quantitative estimate of drug-likeness (QED) is 0.0473. The van der Waals surface area contributed by atoms with Gasteiger partial charge in [0.05, 0.1) is 79.4 Å². The zero-order chi connectivity index (χ0) is 65.3. The van der Waals surface area contributed by atoms with Crippen molar-refractivity contribution in [3.05, 3.63) is 25.3 Å². The largest absolute Gasteiger partial charge is 0.463 e. The molecule has 17 heteroatoms. The summed E-state index contributed by atoms with van der Waals surface area (Å²) in [5.41, 5.74) is 0. The molecule has 0 spiro atoms. The van der Waals surface area contributed by atoms with Gasteiger partial charge in [0.1, 0.15) is 0 Å². The lowest BCUT2D eigenvalue weighted by atomic mass is 10.1. The highest BCUT2D eigenvalue weighted by molar-refractivity contribution is 5.81. The number of hydrogen-bond acceptors (Lipinski definition) is 17. The molecule has 0 radical (unpaired) electrons. The van der Waals surface area contributed by atoms with Gasteiger partial charge in [0.25, 0.3) is 0 Å². The van der Waals surface area contributed by atoms with Crippen molar-refractivity contribution in [2.24, 2.45) is 0 Å². The van der Waals surface area contributed by atoms with Crippen molar-refractivity contribution in [2.75, 3.05) is 0 Å². The highest BCUT2D eigenvalue weighted by Crippen LogP contribution is 2.24.